The largest absolute Gasteiger partial charge is 0.503 e. The molecule has 70 valence electrons. The summed E-state index contributed by atoms with van der Waals surface area (Å²) >= 11 is 1.42. The van der Waals surface area contributed by atoms with Crippen molar-refractivity contribution in [1.29, 1.82) is 5.26 Å². The SMILES string of the molecule is COc1c(C#N)cc2ccsc2c1O. The van der Waals surface area contributed by atoms with Gasteiger partial charge in [0.1, 0.15) is 6.07 Å². The van der Waals surface area contributed by atoms with Crippen molar-refractivity contribution in [1.82, 2.24) is 0 Å². The highest BCUT2D eigenvalue weighted by Crippen LogP contribution is 2.40. The van der Waals surface area contributed by atoms with E-state index in [1.54, 1.807) is 6.07 Å². The number of ether oxygens (including phenoxy) is 1. The van der Waals surface area contributed by atoms with Crippen LogP contribution < -0.4 is 4.74 Å². The molecule has 0 saturated carbocycles. The molecule has 0 amide bonds. The van der Waals surface area contributed by atoms with Crippen LogP contribution in [-0.2, 0) is 0 Å². The molecular weight excluding hydrogens is 198 g/mol. The predicted octanol–water partition coefficient (Wildman–Crippen LogP) is 2.49. The van der Waals surface area contributed by atoms with Gasteiger partial charge in [0.05, 0.1) is 17.4 Å². The number of hydrogen-bond acceptors (Lipinski definition) is 4. The van der Waals surface area contributed by atoms with Gasteiger partial charge in [0, 0.05) is 0 Å². The quantitative estimate of drug-likeness (QED) is 0.778. The van der Waals surface area contributed by atoms with Crippen molar-refractivity contribution in [3.63, 3.8) is 0 Å². The molecule has 4 heteroatoms. The fourth-order valence-electron chi connectivity index (χ4n) is 1.37. The summed E-state index contributed by atoms with van der Waals surface area (Å²) in [5.41, 5.74) is 0.357. The Hall–Kier alpha value is -1.73. The Kier molecular flexibility index (Phi) is 2.02. The Labute approximate surface area is 84.8 Å². The van der Waals surface area contributed by atoms with Crippen molar-refractivity contribution in [3.05, 3.63) is 23.1 Å². The average Bonchev–Trinajstić information content (AvgIpc) is 2.65. The zero-order chi connectivity index (χ0) is 10.1. The Bertz CT molecular complexity index is 525. The molecule has 0 spiro atoms. The van der Waals surface area contributed by atoms with E-state index in [-0.39, 0.29) is 11.5 Å². The summed E-state index contributed by atoms with van der Waals surface area (Å²) in [4.78, 5) is 0. The lowest BCUT2D eigenvalue weighted by atomic mass is 10.1. The van der Waals surface area contributed by atoms with Gasteiger partial charge in [0.25, 0.3) is 0 Å². The van der Waals surface area contributed by atoms with Gasteiger partial charge < -0.3 is 9.84 Å². The van der Waals surface area contributed by atoms with E-state index in [1.165, 1.54) is 18.4 Å². The summed E-state index contributed by atoms with van der Waals surface area (Å²) in [6, 6.07) is 5.56. The van der Waals surface area contributed by atoms with Gasteiger partial charge in [-0.2, -0.15) is 5.26 Å². The maximum absolute atomic E-state index is 9.78. The van der Waals surface area contributed by atoms with E-state index in [9.17, 15) is 5.11 Å². The first kappa shape index (κ1) is 8.85. The summed E-state index contributed by atoms with van der Waals surface area (Å²) in [7, 11) is 1.44. The van der Waals surface area contributed by atoms with E-state index in [2.05, 4.69) is 0 Å². The summed E-state index contributed by atoms with van der Waals surface area (Å²) in [6.07, 6.45) is 0. The lowest BCUT2D eigenvalue weighted by Crippen LogP contribution is -1.88. The maximum atomic E-state index is 9.78. The van der Waals surface area contributed by atoms with Crippen molar-refractivity contribution in [2.45, 2.75) is 0 Å². The first-order valence-electron chi connectivity index (χ1n) is 3.95. The van der Waals surface area contributed by atoms with Crippen LogP contribution in [0.3, 0.4) is 0 Å². The molecule has 0 aliphatic carbocycles. The first-order valence-corrected chi connectivity index (χ1v) is 4.83. The second-order valence-electron chi connectivity index (χ2n) is 2.76. The van der Waals surface area contributed by atoms with Crippen LogP contribution in [0.2, 0.25) is 0 Å². The van der Waals surface area contributed by atoms with Crippen LogP contribution in [-0.4, -0.2) is 12.2 Å². The highest BCUT2D eigenvalue weighted by atomic mass is 32.1. The van der Waals surface area contributed by atoms with E-state index in [0.717, 1.165) is 10.1 Å². The van der Waals surface area contributed by atoms with Gasteiger partial charge in [-0.1, -0.05) is 0 Å². The molecule has 1 aromatic carbocycles. The molecule has 0 aliphatic heterocycles. The van der Waals surface area contributed by atoms with E-state index >= 15 is 0 Å². The third-order valence-electron chi connectivity index (χ3n) is 1.99. The summed E-state index contributed by atoms with van der Waals surface area (Å²) in [6.45, 7) is 0. The van der Waals surface area contributed by atoms with Crippen molar-refractivity contribution in [2.24, 2.45) is 0 Å². The summed E-state index contributed by atoms with van der Waals surface area (Å²) in [5, 5.41) is 21.3. The molecule has 0 aliphatic rings. The Morgan fingerprint density at radius 3 is 3.00 bits per heavy atom. The van der Waals surface area contributed by atoms with Gasteiger partial charge in [0.2, 0.25) is 0 Å². The van der Waals surface area contributed by atoms with Crippen LogP contribution >= 0.6 is 11.3 Å². The van der Waals surface area contributed by atoms with Crippen LogP contribution in [0.4, 0.5) is 0 Å². The zero-order valence-corrected chi connectivity index (χ0v) is 8.26. The molecule has 1 aromatic heterocycles. The molecular formula is C10H7NO2S. The molecule has 2 aromatic rings. The zero-order valence-electron chi connectivity index (χ0n) is 7.44. The fraction of sp³-hybridized carbons (Fsp3) is 0.100. The smallest absolute Gasteiger partial charge is 0.179 e. The molecule has 0 saturated heterocycles. The fourth-order valence-corrected chi connectivity index (χ4v) is 2.18. The summed E-state index contributed by atoms with van der Waals surface area (Å²) < 4.78 is 5.73. The van der Waals surface area contributed by atoms with E-state index in [1.807, 2.05) is 17.5 Å². The third-order valence-corrected chi connectivity index (χ3v) is 2.93. The minimum atomic E-state index is 0.0524. The number of methoxy groups -OCH3 is 1. The van der Waals surface area contributed by atoms with Crippen molar-refractivity contribution < 1.29 is 9.84 Å². The van der Waals surface area contributed by atoms with Crippen LogP contribution in [0.25, 0.3) is 10.1 Å². The molecule has 1 heterocycles. The first-order chi connectivity index (χ1) is 6.77. The summed E-state index contributed by atoms with van der Waals surface area (Å²) in [5.74, 6) is 0.305. The van der Waals surface area contributed by atoms with Gasteiger partial charge in [-0.25, -0.2) is 0 Å². The number of hydrogen-bond donors (Lipinski definition) is 1. The normalized spacial score (nSPS) is 10.0. The van der Waals surface area contributed by atoms with Crippen LogP contribution in [0.5, 0.6) is 11.5 Å². The number of phenols is 1. The van der Waals surface area contributed by atoms with Gasteiger partial charge >= 0.3 is 0 Å². The number of fused-ring (bicyclic) bond motifs is 1. The monoisotopic (exact) mass is 205 g/mol. The minimum absolute atomic E-state index is 0.0524. The molecule has 3 nitrogen and oxygen atoms in total. The molecule has 0 unspecified atom stereocenters. The number of nitrogens with zero attached hydrogens (tertiary/aromatic N) is 1. The standard InChI is InChI=1S/C10H7NO2S/c1-13-9-7(5-11)4-6-2-3-14-10(6)8(9)12/h2-4,12H,1H3. The van der Waals surface area contributed by atoms with Crippen molar-refractivity contribution in [3.8, 4) is 17.6 Å². The van der Waals surface area contributed by atoms with Crippen LogP contribution in [0.15, 0.2) is 17.5 Å². The van der Waals surface area contributed by atoms with Crippen LogP contribution in [0, 0.1) is 11.3 Å². The second kappa shape index (κ2) is 3.20. The highest BCUT2D eigenvalue weighted by molar-refractivity contribution is 7.17. The van der Waals surface area contributed by atoms with E-state index in [0.29, 0.717) is 5.56 Å². The van der Waals surface area contributed by atoms with Crippen molar-refractivity contribution >= 4 is 21.4 Å². The van der Waals surface area contributed by atoms with Gasteiger partial charge in [0.15, 0.2) is 11.5 Å². The lowest BCUT2D eigenvalue weighted by molar-refractivity contribution is 0.376. The number of benzene rings is 1. The minimum Gasteiger partial charge on any atom is -0.503 e. The average molecular weight is 205 g/mol. The van der Waals surface area contributed by atoms with Crippen molar-refractivity contribution in [2.75, 3.05) is 7.11 Å². The van der Waals surface area contributed by atoms with E-state index in [4.69, 9.17) is 10.00 Å². The Morgan fingerprint density at radius 1 is 1.57 bits per heavy atom. The van der Waals surface area contributed by atoms with Gasteiger partial charge in [-0.15, -0.1) is 11.3 Å². The Balaban J connectivity index is 2.87. The predicted molar refractivity (Wildman–Crippen MR) is 54.8 cm³/mol. The number of phenolic OH excluding ortho intramolecular Hbond substituents is 1. The maximum Gasteiger partial charge on any atom is 0.179 e. The molecule has 0 fully saturated rings. The Morgan fingerprint density at radius 2 is 2.36 bits per heavy atom. The topological polar surface area (TPSA) is 53.2 Å². The number of aromatic hydroxyl groups is 1. The van der Waals surface area contributed by atoms with Gasteiger partial charge in [-0.05, 0) is 22.9 Å². The third kappa shape index (κ3) is 1.10. The number of thiophene rings is 1. The molecule has 14 heavy (non-hydrogen) atoms. The lowest BCUT2D eigenvalue weighted by Gasteiger charge is -2.05. The van der Waals surface area contributed by atoms with Crippen LogP contribution in [0.1, 0.15) is 5.56 Å². The molecule has 2 rings (SSSR count). The second-order valence-corrected chi connectivity index (χ2v) is 3.67. The number of nitriles is 1. The molecule has 0 atom stereocenters. The molecule has 0 radical (unpaired) electrons. The highest BCUT2D eigenvalue weighted by Gasteiger charge is 2.13. The molecule has 1 N–H and O–H groups in total. The van der Waals surface area contributed by atoms with E-state index < -0.39 is 0 Å². The van der Waals surface area contributed by atoms with Gasteiger partial charge in [-0.3, -0.25) is 0 Å². The number of rotatable bonds is 1. The molecule has 0 bridgehead atoms.